The second-order valence-corrected chi connectivity index (χ2v) is 9.15. The number of anilines is 1. The van der Waals surface area contributed by atoms with E-state index in [2.05, 4.69) is 12.2 Å². The molecule has 0 saturated carbocycles. The first-order chi connectivity index (χ1) is 13.6. The van der Waals surface area contributed by atoms with Crippen LogP contribution in [-0.2, 0) is 21.2 Å². The molecule has 0 unspecified atom stereocenters. The van der Waals surface area contributed by atoms with Gasteiger partial charge < -0.3 is 10.1 Å². The van der Waals surface area contributed by atoms with Crippen molar-refractivity contribution < 1.29 is 17.9 Å². The Hall–Kier alpha value is -2.25. The number of carbonyl (C=O) groups is 1. The minimum atomic E-state index is -3.73. The van der Waals surface area contributed by atoms with Gasteiger partial charge in [0.1, 0.15) is 11.8 Å². The Morgan fingerprint density at radius 1 is 1.17 bits per heavy atom. The van der Waals surface area contributed by atoms with Gasteiger partial charge in [-0.3, -0.25) is 9.10 Å². The van der Waals surface area contributed by atoms with E-state index < -0.39 is 22.0 Å². The van der Waals surface area contributed by atoms with Crippen LogP contribution < -0.4 is 14.4 Å². The minimum absolute atomic E-state index is 0.260. The quantitative estimate of drug-likeness (QED) is 0.677. The number of methoxy groups -OCH3 is 1. The van der Waals surface area contributed by atoms with Gasteiger partial charge in [0.05, 0.1) is 30.1 Å². The van der Waals surface area contributed by atoms with E-state index >= 15 is 0 Å². The summed E-state index contributed by atoms with van der Waals surface area (Å²) in [4.78, 5) is 12.8. The van der Waals surface area contributed by atoms with Crippen LogP contribution in [0.4, 0.5) is 5.69 Å². The molecule has 0 aliphatic carbocycles. The number of ether oxygens (including phenoxy) is 1. The molecule has 2 aromatic carbocycles. The first-order valence-corrected chi connectivity index (χ1v) is 11.5. The fourth-order valence-corrected chi connectivity index (χ4v) is 4.48. The molecule has 2 aromatic rings. The van der Waals surface area contributed by atoms with Crippen LogP contribution in [-0.4, -0.2) is 33.7 Å². The molecule has 0 fully saturated rings. The minimum Gasteiger partial charge on any atom is -0.495 e. The summed E-state index contributed by atoms with van der Waals surface area (Å²) in [7, 11) is -2.26. The van der Waals surface area contributed by atoms with Gasteiger partial charge in [0, 0.05) is 0 Å². The number of rotatable bonds is 8. The summed E-state index contributed by atoms with van der Waals surface area (Å²) < 4.78 is 31.1. The lowest BCUT2D eigenvalue weighted by molar-refractivity contribution is -0.122. The van der Waals surface area contributed by atoms with E-state index in [1.807, 2.05) is 31.2 Å². The van der Waals surface area contributed by atoms with E-state index in [0.717, 1.165) is 22.5 Å². The van der Waals surface area contributed by atoms with Crippen LogP contribution in [0.25, 0.3) is 0 Å². The lowest BCUT2D eigenvalue weighted by Gasteiger charge is -2.29. The van der Waals surface area contributed by atoms with Gasteiger partial charge >= 0.3 is 0 Å². The molecule has 0 radical (unpaired) electrons. The third-order valence-electron chi connectivity index (χ3n) is 4.73. The Morgan fingerprint density at radius 3 is 2.28 bits per heavy atom. The first kappa shape index (κ1) is 23.0. The van der Waals surface area contributed by atoms with Crippen molar-refractivity contribution in [2.45, 2.75) is 39.3 Å². The van der Waals surface area contributed by atoms with Gasteiger partial charge in [-0.15, -0.1) is 0 Å². The molecule has 6 nitrogen and oxygen atoms in total. The number of aryl methyl sites for hydroxylation is 1. The highest BCUT2D eigenvalue weighted by molar-refractivity contribution is 7.92. The van der Waals surface area contributed by atoms with Crippen molar-refractivity contribution in [3.8, 4) is 5.75 Å². The maximum Gasteiger partial charge on any atom is 0.244 e. The second-order valence-electron chi connectivity index (χ2n) is 6.88. The molecule has 158 valence electrons. The highest BCUT2D eigenvalue weighted by Gasteiger charge is 2.30. The summed E-state index contributed by atoms with van der Waals surface area (Å²) in [6.07, 6.45) is 1.99. The van der Waals surface area contributed by atoms with Crippen molar-refractivity contribution in [2.75, 3.05) is 17.7 Å². The predicted octanol–water partition coefficient (Wildman–Crippen LogP) is 3.94. The van der Waals surface area contributed by atoms with Crippen LogP contribution in [0.5, 0.6) is 5.75 Å². The van der Waals surface area contributed by atoms with Crippen molar-refractivity contribution >= 4 is 33.2 Å². The molecule has 0 aliphatic rings. The van der Waals surface area contributed by atoms with E-state index in [4.69, 9.17) is 16.3 Å². The third kappa shape index (κ3) is 5.64. The molecule has 2 rings (SSSR count). The lowest BCUT2D eigenvalue weighted by atomic mass is 10.0. The fraction of sp³-hybridized carbons (Fsp3) is 0.381. The number of sulfonamides is 1. The van der Waals surface area contributed by atoms with Gasteiger partial charge in [-0.25, -0.2) is 8.42 Å². The van der Waals surface area contributed by atoms with Crippen LogP contribution in [0.15, 0.2) is 42.5 Å². The summed E-state index contributed by atoms with van der Waals surface area (Å²) in [6.45, 7) is 5.48. The van der Waals surface area contributed by atoms with Crippen LogP contribution in [0, 0.1) is 0 Å². The molecule has 0 aliphatic heterocycles. The van der Waals surface area contributed by atoms with Crippen molar-refractivity contribution in [3.63, 3.8) is 0 Å². The summed E-state index contributed by atoms with van der Waals surface area (Å²) >= 11 is 6.15. The highest BCUT2D eigenvalue weighted by Crippen LogP contribution is 2.31. The summed E-state index contributed by atoms with van der Waals surface area (Å²) in [5, 5.41) is 3.15. The number of hydrogen-bond acceptors (Lipinski definition) is 4. The van der Waals surface area contributed by atoms with E-state index in [1.165, 1.54) is 18.7 Å². The zero-order valence-corrected chi connectivity index (χ0v) is 18.8. The molecular formula is C21H27ClN2O4S. The maximum absolute atomic E-state index is 12.8. The van der Waals surface area contributed by atoms with E-state index in [-0.39, 0.29) is 11.1 Å². The Kier molecular flexibility index (Phi) is 7.54. The number of halogens is 1. The number of benzene rings is 2. The fourth-order valence-electron chi connectivity index (χ4n) is 3.06. The van der Waals surface area contributed by atoms with Gasteiger partial charge in [0.2, 0.25) is 15.9 Å². The van der Waals surface area contributed by atoms with E-state index in [1.54, 1.807) is 19.1 Å². The molecule has 8 heteroatoms. The largest absolute Gasteiger partial charge is 0.495 e. The standard InChI is InChI=1S/C21H27ClN2O4S/c1-6-16-7-9-17(10-8-16)14(2)23-21(25)15(3)24(29(5,26)27)18-11-12-20(28-4)19(22)13-18/h7-15H,6H2,1-5H3,(H,23,25)/t14-,15+/m1/s1. The Labute approximate surface area is 177 Å². The molecule has 2 atom stereocenters. The molecule has 0 saturated heterocycles. The van der Waals surface area contributed by atoms with Crippen LogP contribution >= 0.6 is 11.6 Å². The van der Waals surface area contributed by atoms with Gasteiger partial charge in [-0.2, -0.15) is 0 Å². The van der Waals surface area contributed by atoms with E-state index in [9.17, 15) is 13.2 Å². The molecule has 29 heavy (non-hydrogen) atoms. The van der Waals surface area contributed by atoms with Crippen LogP contribution in [0.1, 0.15) is 37.9 Å². The number of carbonyl (C=O) groups excluding carboxylic acids is 1. The predicted molar refractivity (Wildman–Crippen MR) is 117 cm³/mol. The van der Waals surface area contributed by atoms with Crippen LogP contribution in [0.2, 0.25) is 5.02 Å². The summed E-state index contributed by atoms with van der Waals surface area (Å²) in [6, 6.07) is 11.3. The average Bonchev–Trinajstić information content (AvgIpc) is 2.67. The smallest absolute Gasteiger partial charge is 0.244 e. The highest BCUT2D eigenvalue weighted by atomic mass is 35.5. The second kappa shape index (κ2) is 9.50. The van der Waals surface area contributed by atoms with Crippen molar-refractivity contribution in [1.82, 2.24) is 5.32 Å². The normalized spacial score (nSPS) is 13.4. The lowest BCUT2D eigenvalue weighted by Crippen LogP contribution is -2.48. The van der Waals surface area contributed by atoms with Gasteiger partial charge in [0.25, 0.3) is 0 Å². The number of nitrogens with zero attached hydrogens (tertiary/aromatic N) is 1. The topological polar surface area (TPSA) is 75.7 Å². The SMILES string of the molecule is CCc1ccc([C@@H](C)NC(=O)[C@H](C)N(c2ccc(OC)c(Cl)c2)S(C)(=O)=O)cc1. The third-order valence-corrected chi connectivity index (χ3v) is 6.26. The Bertz CT molecular complexity index is 961. The molecule has 1 N–H and O–H groups in total. The van der Waals surface area contributed by atoms with Crippen molar-refractivity contribution in [2.24, 2.45) is 0 Å². The Morgan fingerprint density at radius 2 is 1.79 bits per heavy atom. The molecule has 0 heterocycles. The first-order valence-electron chi connectivity index (χ1n) is 9.30. The average molecular weight is 439 g/mol. The molecule has 1 amide bonds. The zero-order valence-electron chi connectivity index (χ0n) is 17.3. The summed E-state index contributed by atoms with van der Waals surface area (Å²) in [5.41, 5.74) is 2.45. The zero-order chi connectivity index (χ0) is 21.8. The van der Waals surface area contributed by atoms with Crippen molar-refractivity contribution in [3.05, 3.63) is 58.6 Å². The maximum atomic E-state index is 12.8. The molecular weight excluding hydrogens is 412 g/mol. The molecule has 0 bridgehead atoms. The number of hydrogen-bond donors (Lipinski definition) is 1. The number of nitrogens with one attached hydrogen (secondary N) is 1. The monoisotopic (exact) mass is 438 g/mol. The van der Waals surface area contributed by atoms with E-state index in [0.29, 0.717) is 11.4 Å². The molecule has 0 spiro atoms. The van der Waals surface area contributed by atoms with Crippen molar-refractivity contribution in [1.29, 1.82) is 0 Å². The molecule has 0 aromatic heterocycles. The number of amides is 1. The van der Waals surface area contributed by atoms with Gasteiger partial charge in [0.15, 0.2) is 0 Å². The van der Waals surface area contributed by atoms with Gasteiger partial charge in [-0.1, -0.05) is 42.8 Å². The summed E-state index contributed by atoms with van der Waals surface area (Å²) in [5.74, 6) is 0.0135. The van der Waals surface area contributed by atoms with Gasteiger partial charge in [-0.05, 0) is 49.6 Å². The Balaban J connectivity index is 2.25. The van der Waals surface area contributed by atoms with Crippen LogP contribution in [0.3, 0.4) is 0 Å².